The van der Waals surface area contributed by atoms with Gasteiger partial charge in [0.15, 0.2) is 17.5 Å². The molecule has 0 saturated heterocycles. The number of thiophene rings is 1. The Bertz CT molecular complexity index is 3170. The highest BCUT2D eigenvalue weighted by atomic mass is 32.1. The zero-order valence-electron chi connectivity index (χ0n) is 30.2. The van der Waals surface area contributed by atoms with Crippen molar-refractivity contribution < 1.29 is 0 Å². The highest BCUT2D eigenvalue weighted by Crippen LogP contribution is 2.41. The van der Waals surface area contributed by atoms with Crippen molar-refractivity contribution in [3.8, 4) is 62.1 Å². The quantitative estimate of drug-likeness (QED) is 0.171. The molecule has 0 saturated carbocycles. The largest absolute Gasteiger partial charge is 0.309 e. The molecule has 3 heterocycles. The fourth-order valence-electron chi connectivity index (χ4n) is 7.90. The third-order valence-electron chi connectivity index (χ3n) is 10.6. The van der Waals surface area contributed by atoms with Crippen LogP contribution in [0.5, 0.6) is 0 Å². The average molecular weight is 733 g/mol. The van der Waals surface area contributed by atoms with E-state index >= 15 is 0 Å². The van der Waals surface area contributed by atoms with E-state index in [9.17, 15) is 0 Å². The summed E-state index contributed by atoms with van der Waals surface area (Å²) < 4.78 is 4.97. The van der Waals surface area contributed by atoms with E-state index in [1.54, 1.807) is 0 Å². The molecule has 0 fully saturated rings. The maximum atomic E-state index is 5.05. The number of para-hydroxylation sites is 1. The van der Waals surface area contributed by atoms with Crippen molar-refractivity contribution in [2.24, 2.45) is 0 Å². The molecule has 0 N–H and O–H groups in total. The van der Waals surface area contributed by atoms with Crippen LogP contribution < -0.4 is 0 Å². The molecule has 11 rings (SSSR count). The first kappa shape index (κ1) is 32.2. The van der Waals surface area contributed by atoms with Crippen molar-refractivity contribution in [1.29, 1.82) is 0 Å². The smallest absolute Gasteiger partial charge is 0.164 e. The van der Waals surface area contributed by atoms with E-state index in [1.165, 1.54) is 53.2 Å². The predicted octanol–water partition coefficient (Wildman–Crippen LogP) is 13.7. The summed E-state index contributed by atoms with van der Waals surface area (Å²) in [6.45, 7) is 0. The lowest BCUT2D eigenvalue weighted by Crippen LogP contribution is -2.00. The van der Waals surface area contributed by atoms with E-state index in [4.69, 9.17) is 15.0 Å². The van der Waals surface area contributed by atoms with Crippen LogP contribution in [0.25, 0.3) is 104 Å². The molecule has 0 spiro atoms. The monoisotopic (exact) mass is 732 g/mol. The van der Waals surface area contributed by atoms with Gasteiger partial charge in [-0.1, -0.05) is 146 Å². The van der Waals surface area contributed by atoms with Crippen molar-refractivity contribution in [3.63, 3.8) is 0 Å². The minimum atomic E-state index is 0.636. The van der Waals surface area contributed by atoms with Gasteiger partial charge < -0.3 is 4.57 Å². The van der Waals surface area contributed by atoms with Gasteiger partial charge in [-0.2, -0.15) is 0 Å². The first-order valence-corrected chi connectivity index (χ1v) is 19.6. The van der Waals surface area contributed by atoms with Gasteiger partial charge in [-0.05, 0) is 70.8 Å². The van der Waals surface area contributed by atoms with Crippen LogP contribution in [0.15, 0.2) is 194 Å². The summed E-state index contributed by atoms with van der Waals surface area (Å²) in [5.41, 5.74) is 11.0. The Morgan fingerprint density at radius 1 is 0.304 bits per heavy atom. The van der Waals surface area contributed by atoms with E-state index < -0.39 is 0 Å². The Hall–Kier alpha value is -7.21. The Kier molecular flexibility index (Phi) is 7.64. The maximum absolute atomic E-state index is 5.05. The number of hydrogen-bond donors (Lipinski definition) is 0. The standard InChI is InChI=1S/C51H32N4S/c1-5-13-33(14-6-1)36-23-27-47-43(29-36)44-30-37(24-28-48(44)56-47)38-21-25-41-42-26-22-39(32-46(42)55(45(41)31-38)40-19-11-4-12-20-40)51-53-49(34-15-7-2-8-16-34)52-50(54-51)35-17-9-3-10-18-35/h1-32H. The van der Waals surface area contributed by atoms with Crippen LogP contribution in [0.4, 0.5) is 0 Å². The van der Waals surface area contributed by atoms with Crippen LogP contribution in [0, 0.1) is 0 Å². The van der Waals surface area contributed by atoms with E-state index in [1.807, 2.05) is 72.0 Å². The molecule has 262 valence electrons. The van der Waals surface area contributed by atoms with Crippen LogP contribution >= 0.6 is 11.3 Å². The average Bonchev–Trinajstić information content (AvgIpc) is 3.81. The molecule has 3 aromatic heterocycles. The zero-order valence-corrected chi connectivity index (χ0v) is 31.0. The molecule has 11 aromatic rings. The van der Waals surface area contributed by atoms with Crippen molar-refractivity contribution in [2.45, 2.75) is 0 Å². The van der Waals surface area contributed by atoms with Gasteiger partial charge in [0, 0.05) is 53.3 Å². The highest BCUT2D eigenvalue weighted by molar-refractivity contribution is 7.25. The molecule has 8 aromatic carbocycles. The molecule has 5 heteroatoms. The minimum absolute atomic E-state index is 0.636. The second-order valence-corrected chi connectivity index (χ2v) is 15.1. The second-order valence-electron chi connectivity index (χ2n) is 14.1. The summed E-state index contributed by atoms with van der Waals surface area (Å²) in [5.74, 6) is 1.93. The Labute approximate surface area is 327 Å². The number of fused-ring (bicyclic) bond motifs is 6. The number of nitrogens with zero attached hydrogens (tertiary/aromatic N) is 4. The van der Waals surface area contributed by atoms with Crippen molar-refractivity contribution in [2.75, 3.05) is 0 Å². The van der Waals surface area contributed by atoms with E-state index in [0.29, 0.717) is 17.5 Å². The Morgan fingerprint density at radius 3 is 1.23 bits per heavy atom. The van der Waals surface area contributed by atoms with Gasteiger partial charge in [0.05, 0.1) is 11.0 Å². The van der Waals surface area contributed by atoms with Crippen molar-refractivity contribution in [1.82, 2.24) is 19.5 Å². The molecule has 0 aliphatic carbocycles. The van der Waals surface area contributed by atoms with Gasteiger partial charge in [0.2, 0.25) is 0 Å². The summed E-state index contributed by atoms with van der Waals surface area (Å²) in [7, 11) is 0. The van der Waals surface area contributed by atoms with E-state index in [0.717, 1.165) is 33.4 Å². The van der Waals surface area contributed by atoms with Crippen LogP contribution in [0.1, 0.15) is 0 Å². The molecule has 0 aliphatic rings. The topological polar surface area (TPSA) is 43.6 Å². The van der Waals surface area contributed by atoms with Crippen molar-refractivity contribution >= 4 is 53.3 Å². The third kappa shape index (κ3) is 5.56. The molecule has 4 nitrogen and oxygen atoms in total. The second kappa shape index (κ2) is 13.3. The summed E-state index contributed by atoms with van der Waals surface area (Å²) in [6.07, 6.45) is 0. The van der Waals surface area contributed by atoms with Gasteiger partial charge in [0.25, 0.3) is 0 Å². The summed E-state index contributed by atoms with van der Waals surface area (Å²) in [4.78, 5) is 15.0. The van der Waals surface area contributed by atoms with Gasteiger partial charge in [-0.25, -0.2) is 15.0 Å². The van der Waals surface area contributed by atoms with Gasteiger partial charge in [-0.3, -0.25) is 0 Å². The van der Waals surface area contributed by atoms with Crippen LogP contribution in [0.3, 0.4) is 0 Å². The molecule has 0 radical (unpaired) electrons. The molecule has 0 unspecified atom stereocenters. The van der Waals surface area contributed by atoms with Crippen LogP contribution in [-0.4, -0.2) is 19.5 Å². The van der Waals surface area contributed by atoms with Crippen LogP contribution in [-0.2, 0) is 0 Å². The molecule has 0 aliphatic heterocycles. The Morgan fingerprint density at radius 2 is 0.696 bits per heavy atom. The lowest BCUT2D eigenvalue weighted by atomic mass is 9.99. The molecule has 0 bridgehead atoms. The first-order chi connectivity index (χ1) is 27.7. The summed E-state index contributed by atoms with van der Waals surface area (Å²) in [6, 6.07) is 68.8. The predicted molar refractivity (Wildman–Crippen MR) is 234 cm³/mol. The SMILES string of the molecule is c1ccc(-c2ccc3sc4ccc(-c5ccc6c7ccc(-c8nc(-c9ccccc9)nc(-c9ccccc9)n8)cc7n(-c7ccccc7)c6c5)cc4c3c2)cc1. The first-order valence-electron chi connectivity index (χ1n) is 18.8. The minimum Gasteiger partial charge on any atom is -0.309 e. The fraction of sp³-hybridized carbons (Fsp3) is 0. The number of benzene rings is 8. The fourth-order valence-corrected chi connectivity index (χ4v) is 8.96. The zero-order chi connectivity index (χ0) is 37.0. The summed E-state index contributed by atoms with van der Waals surface area (Å²) >= 11 is 1.85. The third-order valence-corrected chi connectivity index (χ3v) is 11.8. The van der Waals surface area contributed by atoms with Crippen molar-refractivity contribution in [3.05, 3.63) is 194 Å². The molecular weight excluding hydrogens is 701 g/mol. The summed E-state index contributed by atoms with van der Waals surface area (Å²) in [5, 5.41) is 4.95. The number of rotatable bonds is 6. The Balaban J connectivity index is 1.08. The normalized spacial score (nSPS) is 11.6. The van der Waals surface area contributed by atoms with E-state index in [-0.39, 0.29) is 0 Å². The number of aromatic nitrogens is 4. The van der Waals surface area contributed by atoms with Gasteiger partial charge >= 0.3 is 0 Å². The molecule has 0 amide bonds. The molecule has 56 heavy (non-hydrogen) atoms. The van der Waals surface area contributed by atoms with Gasteiger partial charge in [0.1, 0.15) is 0 Å². The maximum Gasteiger partial charge on any atom is 0.164 e. The molecular formula is C51H32N4S. The number of hydrogen-bond acceptors (Lipinski definition) is 4. The lowest BCUT2D eigenvalue weighted by Gasteiger charge is -2.11. The van der Waals surface area contributed by atoms with Crippen LogP contribution in [0.2, 0.25) is 0 Å². The lowest BCUT2D eigenvalue weighted by molar-refractivity contribution is 1.07. The molecule has 0 atom stereocenters. The highest BCUT2D eigenvalue weighted by Gasteiger charge is 2.18. The van der Waals surface area contributed by atoms with E-state index in [2.05, 4.69) is 138 Å². The van der Waals surface area contributed by atoms with Gasteiger partial charge in [-0.15, -0.1) is 11.3 Å².